The monoisotopic (exact) mass is 274 g/mol. The van der Waals surface area contributed by atoms with Crippen LogP contribution in [0.3, 0.4) is 0 Å². The maximum absolute atomic E-state index is 12.4. The smallest absolute Gasteiger partial charge is 0.327 e. The molecule has 0 radical (unpaired) electrons. The van der Waals surface area contributed by atoms with E-state index >= 15 is 0 Å². The molecule has 1 aliphatic rings. The standard InChI is InChI=1S/C12H22N2O5/c1-4-19-9(2)12(3)10(17)13(5-7-15)11(18)14(12)6-8-16/h9,15-16H,4-8H2,1-3H3. The summed E-state index contributed by atoms with van der Waals surface area (Å²) in [7, 11) is 0. The van der Waals surface area contributed by atoms with Crippen LogP contribution in [0.5, 0.6) is 0 Å². The number of amides is 3. The molecule has 1 rings (SSSR count). The third-order valence-corrected chi connectivity index (χ3v) is 3.56. The predicted octanol–water partition coefficient (Wildman–Crippen LogP) is -0.581. The zero-order valence-electron chi connectivity index (χ0n) is 11.6. The van der Waals surface area contributed by atoms with Gasteiger partial charge in [-0.2, -0.15) is 0 Å². The summed E-state index contributed by atoms with van der Waals surface area (Å²) in [4.78, 5) is 26.9. The second-order valence-corrected chi connectivity index (χ2v) is 4.58. The molecule has 0 bridgehead atoms. The number of hydrogen-bond acceptors (Lipinski definition) is 5. The highest BCUT2D eigenvalue weighted by Crippen LogP contribution is 2.32. The van der Waals surface area contributed by atoms with Gasteiger partial charge in [0.1, 0.15) is 5.54 Å². The van der Waals surface area contributed by atoms with Crippen molar-refractivity contribution in [1.29, 1.82) is 0 Å². The molecule has 0 spiro atoms. The molecule has 0 aromatic rings. The van der Waals surface area contributed by atoms with Gasteiger partial charge in [0.05, 0.1) is 25.9 Å². The van der Waals surface area contributed by atoms with Crippen molar-refractivity contribution in [2.45, 2.75) is 32.4 Å². The molecular weight excluding hydrogens is 252 g/mol. The minimum absolute atomic E-state index is 0.0476. The molecule has 19 heavy (non-hydrogen) atoms. The Kier molecular flexibility index (Phi) is 5.28. The fraction of sp³-hybridized carbons (Fsp3) is 0.833. The molecule has 0 aromatic heterocycles. The van der Waals surface area contributed by atoms with Crippen molar-refractivity contribution in [3.63, 3.8) is 0 Å². The zero-order chi connectivity index (χ0) is 14.6. The van der Waals surface area contributed by atoms with Crippen LogP contribution in [0.15, 0.2) is 0 Å². The molecule has 0 aromatic carbocycles. The minimum atomic E-state index is -1.15. The lowest BCUT2D eigenvalue weighted by atomic mass is 9.93. The Bertz CT molecular complexity index is 349. The third kappa shape index (κ3) is 2.58. The van der Waals surface area contributed by atoms with Crippen molar-refractivity contribution < 1.29 is 24.5 Å². The summed E-state index contributed by atoms with van der Waals surface area (Å²) >= 11 is 0. The number of ether oxygens (including phenoxy) is 1. The van der Waals surface area contributed by atoms with Gasteiger partial charge in [0.15, 0.2) is 0 Å². The number of carbonyl (C=O) groups is 2. The van der Waals surface area contributed by atoms with Gasteiger partial charge in [-0.15, -0.1) is 0 Å². The third-order valence-electron chi connectivity index (χ3n) is 3.56. The highest BCUT2D eigenvalue weighted by Gasteiger charge is 2.57. The molecule has 2 unspecified atom stereocenters. The molecular formula is C12H22N2O5. The predicted molar refractivity (Wildman–Crippen MR) is 67.5 cm³/mol. The quantitative estimate of drug-likeness (QED) is 0.606. The average Bonchev–Trinajstić information content (AvgIpc) is 2.55. The number of carbonyl (C=O) groups excluding carboxylic acids is 2. The van der Waals surface area contributed by atoms with Crippen molar-refractivity contribution in [2.75, 3.05) is 32.9 Å². The van der Waals surface area contributed by atoms with E-state index in [0.717, 1.165) is 4.90 Å². The van der Waals surface area contributed by atoms with Crippen LogP contribution in [0.25, 0.3) is 0 Å². The summed E-state index contributed by atoms with van der Waals surface area (Å²) in [5.41, 5.74) is -1.15. The largest absolute Gasteiger partial charge is 0.395 e. The summed E-state index contributed by atoms with van der Waals surface area (Å²) in [5.74, 6) is -0.402. The summed E-state index contributed by atoms with van der Waals surface area (Å²) in [5, 5.41) is 18.0. The molecule has 1 fully saturated rings. The number of aliphatic hydroxyl groups is 2. The van der Waals surface area contributed by atoms with Gasteiger partial charge in [0, 0.05) is 13.2 Å². The number of urea groups is 1. The molecule has 2 N–H and O–H groups in total. The molecule has 1 heterocycles. The van der Waals surface area contributed by atoms with Crippen molar-refractivity contribution in [1.82, 2.24) is 9.80 Å². The molecule has 1 saturated heterocycles. The van der Waals surface area contributed by atoms with E-state index in [2.05, 4.69) is 0 Å². The van der Waals surface area contributed by atoms with E-state index < -0.39 is 23.6 Å². The molecule has 1 aliphatic heterocycles. The molecule has 0 aliphatic carbocycles. The van der Waals surface area contributed by atoms with Gasteiger partial charge in [-0.05, 0) is 20.8 Å². The average molecular weight is 274 g/mol. The van der Waals surface area contributed by atoms with Crippen LogP contribution in [0.2, 0.25) is 0 Å². The fourth-order valence-electron chi connectivity index (χ4n) is 2.35. The zero-order valence-corrected chi connectivity index (χ0v) is 11.6. The van der Waals surface area contributed by atoms with Crippen LogP contribution in [0, 0.1) is 0 Å². The first-order chi connectivity index (χ1) is 8.94. The first-order valence-corrected chi connectivity index (χ1v) is 6.42. The van der Waals surface area contributed by atoms with E-state index in [0.29, 0.717) is 6.61 Å². The topological polar surface area (TPSA) is 90.3 Å². The highest BCUT2D eigenvalue weighted by molar-refractivity contribution is 6.07. The van der Waals surface area contributed by atoms with Crippen LogP contribution in [0.1, 0.15) is 20.8 Å². The molecule has 110 valence electrons. The Balaban J connectivity index is 3.10. The van der Waals surface area contributed by atoms with Gasteiger partial charge in [-0.1, -0.05) is 0 Å². The molecule has 2 atom stereocenters. The molecule has 7 heteroatoms. The first-order valence-electron chi connectivity index (χ1n) is 6.42. The number of imide groups is 1. The normalized spacial score (nSPS) is 25.3. The Labute approximate surface area is 112 Å². The van der Waals surface area contributed by atoms with E-state index in [1.807, 2.05) is 6.92 Å². The summed E-state index contributed by atoms with van der Waals surface area (Å²) in [6.07, 6.45) is -0.496. The SMILES string of the molecule is CCOC(C)C1(C)C(=O)N(CCO)C(=O)N1CCO. The van der Waals surface area contributed by atoms with Gasteiger partial charge in [-0.3, -0.25) is 9.69 Å². The van der Waals surface area contributed by atoms with Crippen molar-refractivity contribution >= 4 is 11.9 Å². The highest BCUT2D eigenvalue weighted by atomic mass is 16.5. The lowest BCUT2D eigenvalue weighted by molar-refractivity contribution is -0.140. The number of hydrogen-bond donors (Lipinski definition) is 2. The van der Waals surface area contributed by atoms with Gasteiger partial charge in [0.25, 0.3) is 5.91 Å². The van der Waals surface area contributed by atoms with Gasteiger partial charge >= 0.3 is 6.03 Å². The van der Waals surface area contributed by atoms with Crippen LogP contribution >= 0.6 is 0 Å². The van der Waals surface area contributed by atoms with Crippen molar-refractivity contribution in [3.05, 3.63) is 0 Å². The van der Waals surface area contributed by atoms with E-state index in [1.54, 1.807) is 13.8 Å². The van der Waals surface area contributed by atoms with Crippen LogP contribution in [-0.4, -0.2) is 76.5 Å². The maximum Gasteiger partial charge on any atom is 0.327 e. The van der Waals surface area contributed by atoms with Crippen molar-refractivity contribution in [2.24, 2.45) is 0 Å². The molecule has 0 saturated carbocycles. The molecule has 7 nitrogen and oxygen atoms in total. The number of aliphatic hydroxyl groups excluding tert-OH is 2. The van der Waals surface area contributed by atoms with Gasteiger partial charge in [0.2, 0.25) is 0 Å². The van der Waals surface area contributed by atoms with Crippen LogP contribution < -0.4 is 0 Å². The fourth-order valence-corrected chi connectivity index (χ4v) is 2.35. The summed E-state index contributed by atoms with van der Waals surface area (Å²) in [6.45, 7) is 5.06. The lowest BCUT2D eigenvalue weighted by Crippen LogP contribution is -2.56. The van der Waals surface area contributed by atoms with Crippen LogP contribution in [-0.2, 0) is 9.53 Å². The minimum Gasteiger partial charge on any atom is -0.395 e. The molecule has 3 amide bonds. The number of nitrogens with zero attached hydrogens (tertiary/aromatic N) is 2. The number of β-amino-alcohol motifs (C(OH)–C–C–N with tert-alkyl or cyclic N) is 2. The second-order valence-electron chi connectivity index (χ2n) is 4.58. The summed E-state index contributed by atoms with van der Waals surface area (Å²) < 4.78 is 5.47. The lowest BCUT2D eigenvalue weighted by Gasteiger charge is -2.36. The van der Waals surface area contributed by atoms with E-state index in [1.165, 1.54) is 4.90 Å². The Morgan fingerprint density at radius 3 is 2.32 bits per heavy atom. The van der Waals surface area contributed by atoms with Crippen LogP contribution in [0.4, 0.5) is 4.79 Å². The Morgan fingerprint density at radius 1 is 1.26 bits per heavy atom. The van der Waals surface area contributed by atoms with E-state index in [-0.39, 0.29) is 26.3 Å². The first kappa shape index (κ1) is 15.9. The van der Waals surface area contributed by atoms with E-state index in [4.69, 9.17) is 14.9 Å². The van der Waals surface area contributed by atoms with E-state index in [9.17, 15) is 9.59 Å². The van der Waals surface area contributed by atoms with Crippen molar-refractivity contribution in [3.8, 4) is 0 Å². The Morgan fingerprint density at radius 2 is 1.84 bits per heavy atom. The maximum atomic E-state index is 12.4. The summed E-state index contributed by atoms with van der Waals surface area (Å²) in [6, 6.07) is -0.498. The second kappa shape index (κ2) is 6.31. The van der Waals surface area contributed by atoms with Gasteiger partial charge in [-0.25, -0.2) is 4.79 Å². The Hall–Kier alpha value is -1.18. The number of rotatable bonds is 7. The van der Waals surface area contributed by atoms with Gasteiger partial charge < -0.3 is 19.8 Å².